The third-order valence-corrected chi connectivity index (χ3v) is 4.07. The van der Waals surface area contributed by atoms with Gasteiger partial charge in [0.2, 0.25) is 5.91 Å². The Morgan fingerprint density at radius 2 is 1.70 bits per heavy atom. The predicted octanol–water partition coefficient (Wildman–Crippen LogP) is 4.18. The molecule has 0 aliphatic rings. The Kier molecular flexibility index (Phi) is 6.36. The van der Waals surface area contributed by atoms with Gasteiger partial charge in [-0.25, -0.2) is 0 Å². The Bertz CT molecular complexity index is 680. The molecule has 1 amide bonds. The minimum atomic E-state index is -0.150. The molecule has 0 radical (unpaired) electrons. The van der Waals surface area contributed by atoms with Crippen LogP contribution in [-0.4, -0.2) is 11.7 Å². The highest BCUT2D eigenvalue weighted by atomic mass is 35.5. The van der Waals surface area contributed by atoms with Gasteiger partial charge in [-0.2, -0.15) is 0 Å². The van der Waals surface area contributed by atoms with Crippen molar-refractivity contribution in [1.29, 1.82) is 0 Å². The highest BCUT2D eigenvalue weighted by Gasteiger charge is 2.09. The van der Waals surface area contributed by atoms with E-state index < -0.39 is 0 Å². The zero-order valence-corrected chi connectivity index (χ0v) is 13.9. The molecule has 1 N–H and O–H groups in total. The fourth-order valence-corrected chi connectivity index (χ4v) is 2.42. The second-order valence-electron chi connectivity index (χ2n) is 5.34. The van der Waals surface area contributed by atoms with Crippen molar-refractivity contribution in [1.82, 2.24) is 5.32 Å². The first kappa shape index (κ1) is 17.2. The number of amides is 1. The van der Waals surface area contributed by atoms with E-state index in [2.05, 4.69) is 12.2 Å². The topological polar surface area (TPSA) is 46.2 Å². The molecule has 0 atom stereocenters. The Morgan fingerprint density at radius 1 is 1.00 bits per heavy atom. The van der Waals surface area contributed by atoms with E-state index >= 15 is 0 Å². The standard InChI is InChI=1S/C19H20ClNO2/c1-2-14-7-9-15(10-8-14)18(22)11-12-19(23)21-13-16-5-3-4-6-17(16)20/h3-10H,2,11-13H2,1H3,(H,21,23). The number of hydrogen-bond donors (Lipinski definition) is 1. The summed E-state index contributed by atoms with van der Waals surface area (Å²) in [6.07, 6.45) is 1.33. The Morgan fingerprint density at radius 3 is 2.35 bits per heavy atom. The maximum absolute atomic E-state index is 12.1. The third-order valence-electron chi connectivity index (χ3n) is 3.70. The number of nitrogens with one attached hydrogen (secondary N) is 1. The lowest BCUT2D eigenvalue weighted by atomic mass is 10.0. The van der Waals surface area contributed by atoms with Crippen molar-refractivity contribution in [2.24, 2.45) is 0 Å². The highest BCUT2D eigenvalue weighted by Crippen LogP contribution is 2.14. The molecule has 2 aromatic rings. The molecule has 3 nitrogen and oxygen atoms in total. The maximum atomic E-state index is 12.1. The lowest BCUT2D eigenvalue weighted by Crippen LogP contribution is -2.23. The Hall–Kier alpha value is -2.13. The summed E-state index contributed by atoms with van der Waals surface area (Å²) >= 11 is 6.03. The van der Waals surface area contributed by atoms with Crippen molar-refractivity contribution < 1.29 is 9.59 Å². The average molecular weight is 330 g/mol. The largest absolute Gasteiger partial charge is 0.352 e. The number of Topliss-reactive ketones (excluding diaryl/α,β-unsaturated/α-hetero) is 1. The maximum Gasteiger partial charge on any atom is 0.220 e. The van der Waals surface area contributed by atoms with E-state index in [1.807, 2.05) is 42.5 Å². The zero-order chi connectivity index (χ0) is 16.7. The first-order chi connectivity index (χ1) is 11.1. The molecule has 120 valence electrons. The number of ketones is 1. The van der Waals surface area contributed by atoms with Crippen LogP contribution < -0.4 is 5.32 Å². The summed E-state index contributed by atoms with van der Waals surface area (Å²) in [5.41, 5.74) is 2.71. The van der Waals surface area contributed by atoms with E-state index in [4.69, 9.17) is 11.6 Å². The summed E-state index contributed by atoms with van der Waals surface area (Å²) in [6.45, 7) is 2.44. The van der Waals surface area contributed by atoms with Gasteiger partial charge in [-0.3, -0.25) is 9.59 Å². The Balaban J connectivity index is 1.79. The minimum Gasteiger partial charge on any atom is -0.352 e. The Labute approximate surface area is 141 Å². The van der Waals surface area contributed by atoms with Gasteiger partial charge in [-0.05, 0) is 23.6 Å². The number of carbonyl (C=O) groups is 2. The monoisotopic (exact) mass is 329 g/mol. The quantitative estimate of drug-likeness (QED) is 0.774. The van der Waals surface area contributed by atoms with Gasteiger partial charge in [0.05, 0.1) is 0 Å². The molecule has 0 aromatic heterocycles. The first-order valence-electron chi connectivity index (χ1n) is 7.72. The summed E-state index contributed by atoms with van der Waals surface area (Å²) in [4.78, 5) is 23.9. The van der Waals surface area contributed by atoms with Crippen LogP contribution >= 0.6 is 11.6 Å². The van der Waals surface area contributed by atoms with Gasteiger partial charge in [-0.15, -0.1) is 0 Å². The SMILES string of the molecule is CCc1ccc(C(=O)CCC(=O)NCc2ccccc2Cl)cc1. The van der Waals surface area contributed by atoms with E-state index in [0.29, 0.717) is 17.1 Å². The number of halogens is 1. The van der Waals surface area contributed by atoms with Crippen LogP contribution in [0.15, 0.2) is 48.5 Å². The summed E-state index contributed by atoms with van der Waals surface area (Å²) in [7, 11) is 0. The van der Waals surface area contributed by atoms with E-state index in [0.717, 1.165) is 12.0 Å². The van der Waals surface area contributed by atoms with Gasteiger partial charge >= 0.3 is 0 Å². The van der Waals surface area contributed by atoms with Gasteiger partial charge in [0, 0.05) is 30.0 Å². The van der Waals surface area contributed by atoms with Crippen molar-refractivity contribution in [3.63, 3.8) is 0 Å². The minimum absolute atomic E-state index is 0.0134. The van der Waals surface area contributed by atoms with Crippen LogP contribution in [0.3, 0.4) is 0 Å². The summed E-state index contributed by atoms with van der Waals surface area (Å²) < 4.78 is 0. The molecular weight excluding hydrogens is 310 g/mol. The van der Waals surface area contributed by atoms with Crippen molar-refractivity contribution in [2.45, 2.75) is 32.7 Å². The molecule has 0 heterocycles. The number of carbonyl (C=O) groups excluding carboxylic acids is 2. The number of aryl methyl sites for hydroxylation is 1. The molecule has 0 fully saturated rings. The zero-order valence-electron chi connectivity index (χ0n) is 13.1. The summed E-state index contributed by atoms with van der Waals surface area (Å²) in [5.74, 6) is -0.163. The van der Waals surface area contributed by atoms with Crippen molar-refractivity contribution in [3.05, 3.63) is 70.2 Å². The lowest BCUT2D eigenvalue weighted by molar-refractivity contribution is -0.121. The third kappa shape index (κ3) is 5.22. The van der Waals surface area contributed by atoms with E-state index in [9.17, 15) is 9.59 Å². The van der Waals surface area contributed by atoms with Crippen LogP contribution in [0.1, 0.15) is 41.3 Å². The molecule has 0 aliphatic heterocycles. The van der Waals surface area contributed by atoms with Crippen LogP contribution in [0.4, 0.5) is 0 Å². The molecule has 2 aromatic carbocycles. The van der Waals surface area contributed by atoms with Gasteiger partial charge < -0.3 is 5.32 Å². The summed E-state index contributed by atoms with van der Waals surface area (Å²) in [6, 6.07) is 14.9. The van der Waals surface area contributed by atoms with Crippen LogP contribution in [0, 0.1) is 0 Å². The molecule has 0 unspecified atom stereocenters. The molecule has 0 spiro atoms. The first-order valence-corrected chi connectivity index (χ1v) is 8.10. The molecule has 2 rings (SSSR count). The highest BCUT2D eigenvalue weighted by molar-refractivity contribution is 6.31. The molecule has 4 heteroatoms. The van der Waals surface area contributed by atoms with Gasteiger partial charge in [0.15, 0.2) is 5.78 Å². The lowest BCUT2D eigenvalue weighted by Gasteiger charge is -2.07. The second kappa shape index (κ2) is 8.49. The molecular formula is C19H20ClNO2. The molecule has 0 aliphatic carbocycles. The molecule has 0 saturated heterocycles. The summed E-state index contributed by atoms with van der Waals surface area (Å²) in [5, 5.41) is 3.41. The van der Waals surface area contributed by atoms with Crippen LogP contribution in [-0.2, 0) is 17.8 Å². The normalized spacial score (nSPS) is 10.3. The molecule has 0 bridgehead atoms. The average Bonchev–Trinajstić information content (AvgIpc) is 2.59. The van der Waals surface area contributed by atoms with E-state index in [1.165, 1.54) is 5.56 Å². The van der Waals surface area contributed by atoms with Crippen LogP contribution in [0.2, 0.25) is 5.02 Å². The smallest absolute Gasteiger partial charge is 0.220 e. The number of rotatable bonds is 7. The van der Waals surface area contributed by atoms with E-state index in [-0.39, 0.29) is 24.5 Å². The number of hydrogen-bond acceptors (Lipinski definition) is 2. The number of benzene rings is 2. The van der Waals surface area contributed by atoms with Gasteiger partial charge in [0.1, 0.15) is 0 Å². The van der Waals surface area contributed by atoms with Crippen molar-refractivity contribution in [3.8, 4) is 0 Å². The van der Waals surface area contributed by atoms with E-state index in [1.54, 1.807) is 6.07 Å². The predicted molar refractivity (Wildman–Crippen MR) is 92.7 cm³/mol. The van der Waals surface area contributed by atoms with Crippen molar-refractivity contribution >= 4 is 23.3 Å². The van der Waals surface area contributed by atoms with Gasteiger partial charge in [-0.1, -0.05) is 61.0 Å². The van der Waals surface area contributed by atoms with Crippen molar-refractivity contribution in [2.75, 3.05) is 0 Å². The second-order valence-corrected chi connectivity index (χ2v) is 5.75. The van der Waals surface area contributed by atoms with Crippen LogP contribution in [0.25, 0.3) is 0 Å². The fourth-order valence-electron chi connectivity index (χ4n) is 2.22. The van der Waals surface area contributed by atoms with Crippen LogP contribution in [0.5, 0.6) is 0 Å². The fraction of sp³-hybridized carbons (Fsp3) is 0.263. The molecule has 23 heavy (non-hydrogen) atoms. The van der Waals surface area contributed by atoms with Gasteiger partial charge in [0.25, 0.3) is 0 Å². The molecule has 0 saturated carbocycles.